The molecule has 2 aromatic rings. The molecule has 0 aliphatic heterocycles. The van der Waals surface area contributed by atoms with Gasteiger partial charge >= 0.3 is 0 Å². The maximum absolute atomic E-state index is 13.0. The van der Waals surface area contributed by atoms with Crippen LogP contribution in [0.5, 0.6) is 0 Å². The SMILES string of the molecule is Cn1cccc1C(=O)NNS(=O)(=O)c1cc(F)cc(F)c1. The molecule has 1 aromatic carbocycles. The summed E-state index contributed by atoms with van der Waals surface area (Å²) in [7, 11) is -2.67. The summed E-state index contributed by atoms with van der Waals surface area (Å²) in [5.74, 6) is -2.78. The van der Waals surface area contributed by atoms with E-state index in [1.807, 2.05) is 5.43 Å². The first-order valence-electron chi connectivity index (χ1n) is 5.69. The Labute approximate surface area is 119 Å². The summed E-state index contributed by atoms with van der Waals surface area (Å²) < 4.78 is 51.2. The lowest BCUT2D eigenvalue weighted by atomic mass is 10.3. The summed E-state index contributed by atoms with van der Waals surface area (Å²) in [6.45, 7) is 0. The first kappa shape index (κ1) is 15.1. The van der Waals surface area contributed by atoms with Gasteiger partial charge < -0.3 is 4.57 Å². The molecule has 0 saturated carbocycles. The second kappa shape index (κ2) is 5.62. The molecular weight excluding hydrogens is 304 g/mol. The van der Waals surface area contributed by atoms with Gasteiger partial charge in [-0.25, -0.2) is 17.2 Å². The highest BCUT2D eigenvalue weighted by atomic mass is 32.2. The average molecular weight is 315 g/mol. The van der Waals surface area contributed by atoms with Gasteiger partial charge in [-0.1, -0.05) is 0 Å². The van der Waals surface area contributed by atoms with Crippen LogP contribution in [0.25, 0.3) is 0 Å². The number of hydrogen-bond donors (Lipinski definition) is 2. The van der Waals surface area contributed by atoms with Crippen molar-refractivity contribution in [3.63, 3.8) is 0 Å². The normalized spacial score (nSPS) is 11.4. The van der Waals surface area contributed by atoms with Crippen molar-refractivity contribution < 1.29 is 22.0 Å². The minimum atomic E-state index is -4.28. The van der Waals surface area contributed by atoms with Crippen molar-refractivity contribution in [1.82, 2.24) is 14.8 Å². The summed E-state index contributed by atoms with van der Waals surface area (Å²) in [6, 6.07) is 4.90. The fourth-order valence-corrected chi connectivity index (χ4v) is 2.50. The highest BCUT2D eigenvalue weighted by molar-refractivity contribution is 7.89. The lowest BCUT2D eigenvalue weighted by Gasteiger charge is -2.09. The van der Waals surface area contributed by atoms with E-state index in [4.69, 9.17) is 0 Å². The molecule has 9 heteroatoms. The number of sulfonamides is 1. The molecule has 0 saturated heterocycles. The van der Waals surface area contributed by atoms with Crippen LogP contribution in [0.4, 0.5) is 8.78 Å². The molecule has 0 spiro atoms. The van der Waals surface area contributed by atoms with Crippen LogP contribution in [0, 0.1) is 11.6 Å². The Balaban J connectivity index is 2.15. The number of hydrazine groups is 1. The number of carbonyl (C=O) groups is 1. The van der Waals surface area contributed by atoms with Crippen molar-refractivity contribution in [3.8, 4) is 0 Å². The highest BCUT2D eigenvalue weighted by Crippen LogP contribution is 2.12. The minimum Gasteiger partial charge on any atom is -0.347 e. The van der Waals surface area contributed by atoms with E-state index in [9.17, 15) is 22.0 Å². The molecule has 1 amide bonds. The van der Waals surface area contributed by atoms with Crippen LogP contribution in [-0.4, -0.2) is 18.9 Å². The molecular formula is C12H11F2N3O3S. The number of hydrogen-bond acceptors (Lipinski definition) is 3. The number of benzene rings is 1. The third-order valence-electron chi connectivity index (χ3n) is 2.62. The van der Waals surface area contributed by atoms with Crippen molar-refractivity contribution in [2.75, 3.05) is 0 Å². The van der Waals surface area contributed by atoms with Gasteiger partial charge in [-0.2, -0.15) is 0 Å². The molecule has 0 fully saturated rings. The van der Waals surface area contributed by atoms with Crippen LogP contribution in [0.15, 0.2) is 41.4 Å². The Hall–Kier alpha value is -2.26. The van der Waals surface area contributed by atoms with E-state index in [-0.39, 0.29) is 5.69 Å². The zero-order valence-corrected chi connectivity index (χ0v) is 11.6. The Kier molecular flexibility index (Phi) is 4.05. The number of rotatable bonds is 4. The lowest BCUT2D eigenvalue weighted by molar-refractivity contribution is 0.0937. The van der Waals surface area contributed by atoms with E-state index in [2.05, 4.69) is 0 Å². The minimum absolute atomic E-state index is 0.211. The molecule has 6 nitrogen and oxygen atoms in total. The van der Waals surface area contributed by atoms with Gasteiger partial charge in [-0.05, 0) is 24.3 Å². The second-order valence-corrected chi connectivity index (χ2v) is 5.85. The Bertz CT molecular complexity index is 767. The standard InChI is InChI=1S/C12H11F2N3O3S/c1-17-4-2-3-11(17)12(18)15-16-21(19,20)10-6-8(13)5-9(14)7-10/h2-7,16H,1H3,(H,15,18). The predicted octanol–water partition coefficient (Wildman–Crippen LogP) is 0.927. The van der Waals surface area contributed by atoms with Gasteiger partial charge in [0.15, 0.2) is 0 Å². The Morgan fingerprint density at radius 3 is 2.33 bits per heavy atom. The Morgan fingerprint density at radius 1 is 1.19 bits per heavy atom. The van der Waals surface area contributed by atoms with Crippen LogP contribution in [0.3, 0.4) is 0 Å². The summed E-state index contributed by atoms with van der Waals surface area (Å²) >= 11 is 0. The number of aryl methyl sites for hydroxylation is 1. The molecule has 21 heavy (non-hydrogen) atoms. The van der Waals surface area contributed by atoms with Gasteiger partial charge in [0.25, 0.3) is 15.9 Å². The largest absolute Gasteiger partial charge is 0.347 e. The van der Waals surface area contributed by atoms with Gasteiger partial charge in [0.2, 0.25) is 0 Å². The number of amides is 1. The van der Waals surface area contributed by atoms with Crippen LogP contribution in [0.1, 0.15) is 10.5 Å². The van der Waals surface area contributed by atoms with Crippen LogP contribution in [0.2, 0.25) is 0 Å². The van der Waals surface area contributed by atoms with E-state index >= 15 is 0 Å². The van der Waals surface area contributed by atoms with Crippen molar-refractivity contribution in [2.24, 2.45) is 7.05 Å². The van der Waals surface area contributed by atoms with Crippen LogP contribution in [-0.2, 0) is 17.1 Å². The highest BCUT2D eigenvalue weighted by Gasteiger charge is 2.18. The van der Waals surface area contributed by atoms with Crippen LogP contribution >= 0.6 is 0 Å². The molecule has 1 heterocycles. The first-order chi connectivity index (χ1) is 9.79. The number of nitrogens with zero attached hydrogens (tertiary/aromatic N) is 1. The molecule has 2 rings (SSSR count). The van der Waals surface area contributed by atoms with Crippen molar-refractivity contribution >= 4 is 15.9 Å². The quantitative estimate of drug-likeness (QED) is 0.824. The second-order valence-electron chi connectivity index (χ2n) is 4.17. The topological polar surface area (TPSA) is 80.2 Å². The van der Waals surface area contributed by atoms with Gasteiger partial charge in [0.05, 0.1) is 4.90 Å². The van der Waals surface area contributed by atoms with E-state index in [1.165, 1.54) is 10.6 Å². The molecule has 1 aromatic heterocycles. The molecule has 0 aliphatic carbocycles. The monoisotopic (exact) mass is 315 g/mol. The summed E-state index contributed by atoms with van der Waals surface area (Å²) in [4.78, 5) is 12.9. The lowest BCUT2D eigenvalue weighted by Crippen LogP contribution is -2.42. The Morgan fingerprint density at radius 2 is 1.81 bits per heavy atom. The van der Waals surface area contributed by atoms with Crippen LogP contribution < -0.4 is 10.3 Å². The summed E-state index contributed by atoms with van der Waals surface area (Å²) in [5.41, 5.74) is 2.17. The fraction of sp³-hybridized carbons (Fsp3) is 0.0833. The first-order valence-corrected chi connectivity index (χ1v) is 7.17. The fourth-order valence-electron chi connectivity index (χ4n) is 1.62. The predicted molar refractivity (Wildman–Crippen MR) is 69.6 cm³/mol. The van der Waals surface area contributed by atoms with Gasteiger partial charge in [0, 0.05) is 19.3 Å². The maximum atomic E-state index is 13.0. The smallest absolute Gasteiger partial charge is 0.282 e. The molecule has 0 radical (unpaired) electrons. The summed E-state index contributed by atoms with van der Waals surface area (Å²) in [5, 5.41) is 0. The molecule has 0 unspecified atom stereocenters. The molecule has 112 valence electrons. The molecule has 0 aliphatic rings. The van der Waals surface area contributed by atoms with Crippen molar-refractivity contribution in [1.29, 1.82) is 0 Å². The zero-order valence-electron chi connectivity index (χ0n) is 10.8. The third-order valence-corrected chi connectivity index (χ3v) is 3.85. The van der Waals surface area contributed by atoms with Gasteiger partial charge in [-0.3, -0.25) is 10.2 Å². The molecule has 0 atom stereocenters. The van der Waals surface area contributed by atoms with Gasteiger partial charge in [0.1, 0.15) is 17.3 Å². The van der Waals surface area contributed by atoms with Crippen molar-refractivity contribution in [3.05, 3.63) is 53.9 Å². The van der Waals surface area contributed by atoms with Crippen molar-refractivity contribution in [2.45, 2.75) is 4.90 Å². The van der Waals surface area contributed by atoms with E-state index in [0.29, 0.717) is 18.2 Å². The van der Waals surface area contributed by atoms with E-state index < -0.39 is 32.5 Å². The zero-order chi connectivity index (χ0) is 15.6. The number of halogens is 2. The molecule has 2 N–H and O–H groups in total. The summed E-state index contributed by atoms with van der Waals surface area (Å²) in [6.07, 6.45) is 1.60. The van der Waals surface area contributed by atoms with E-state index in [0.717, 1.165) is 0 Å². The number of nitrogens with one attached hydrogen (secondary N) is 2. The third kappa shape index (κ3) is 3.44. The molecule has 0 bridgehead atoms. The number of carbonyl (C=O) groups excluding carboxylic acids is 1. The van der Waals surface area contributed by atoms with E-state index in [1.54, 1.807) is 24.1 Å². The van der Waals surface area contributed by atoms with Gasteiger partial charge in [-0.15, -0.1) is 4.83 Å². The average Bonchev–Trinajstić information content (AvgIpc) is 2.81. The number of aromatic nitrogens is 1. The maximum Gasteiger partial charge on any atom is 0.282 e.